The Kier molecular flexibility index (Phi) is 20.2. The molecule has 1 heteroatoms. The maximum absolute atomic E-state index is 3.53. The number of allylic oxidation sites excluding steroid dienone is 1. The lowest BCUT2D eigenvalue weighted by atomic mass is 9.86. The van der Waals surface area contributed by atoms with Gasteiger partial charge in [0.1, 0.15) is 0 Å². The quantitative estimate of drug-likeness (QED) is 0.132. The van der Waals surface area contributed by atoms with Crippen molar-refractivity contribution in [1.29, 1.82) is 0 Å². The lowest BCUT2D eigenvalue weighted by Gasteiger charge is -2.18. The fourth-order valence-corrected chi connectivity index (χ4v) is 8.42. The summed E-state index contributed by atoms with van der Waals surface area (Å²) in [6.07, 6.45) is 6.31. The lowest BCUT2D eigenvalue weighted by Crippen LogP contribution is -1.99. The van der Waals surface area contributed by atoms with E-state index in [-0.39, 0.29) is 0 Å². The van der Waals surface area contributed by atoms with Gasteiger partial charge in [0.25, 0.3) is 0 Å². The highest BCUT2D eigenvalue weighted by atomic mass is 32.1. The largest absolute Gasteiger partial charge is 0.183 e. The molecule has 9 aromatic carbocycles. The van der Waals surface area contributed by atoms with Crippen molar-refractivity contribution in [3.8, 4) is 33.4 Å². The van der Waals surface area contributed by atoms with Gasteiger partial charge in [0.2, 0.25) is 0 Å². The third-order valence-corrected chi connectivity index (χ3v) is 11.5. The molecule has 0 aliphatic heterocycles. The fraction of sp³-hybridized carbons (Fsp3) is 0.238. The first-order valence-electron chi connectivity index (χ1n) is 23.7. The fourth-order valence-electron chi connectivity index (χ4n) is 8.42. The summed E-state index contributed by atoms with van der Waals surface area (Å²) >= 11 is 3.53. The summed E-state index contributed by atoms with van der Waals surface area (Å²) in [6, 6.07) is 60.3. The Morgan fingerprint density at radius 3 is 1.31 bits per heavy atom. The van der Waals surface area contributed by atoms with Gasteiger partial charge in [-0.15, -0.1) is 0 Å². The van der Waals surface area contributed by atoms with E-state index >= 15 is 0 Å². The zero-order valence-electron chi connectivity index (χ0n) is 41.0. The standard InChI is InChI=1S/C30H22.C24H22.4C2H6.CH4S/c1-19-3-7-21(8-4-19)25-15-11-23-14-18-28-26(22-9-5-20(2)6-10-22)16-12-24-13-17-27(25)29(23)30(24)28;1-17-7-3-6-10-23(17)24-16-22(12-11-18(24)2)21-14-13-19-8-4-5-9-20(19)15-21;5*1-2/h3-18H,1-2H3;3-12,15-16H,13-14H2,1-2H3;4*1-2H3;2H,1H3. The Morgan fingerprint density at radius 1 is 0.359 bits per heavy atom. The van der Waals surface area contributed by atoms with Gasteiger partial charge in [-0.2, -0.15) is 12.6 Å². The zero-order chi connectivity index (χ0) is 46.8. The van der Waals surface area contributed by atoms with E-state index in [0.29, 0.717) is 0 Å². The first kappa shape index (κ1) is 50.8. The highest BCUT2D eigenvalue weighted by Gasteiger charge is 2.16. The van der Waals surface area contributed by atoms with Crippen molar-refractivity contribution < 1.29 is 0 Å². The monoisotopic (exact) mass is 861 g/mol. The van der Waals surface area contributed by atoms with Crippen LogP contribution in [0.15, 0.2) is 164 Å². The molecule has 64 heavy (non-hydrogen) atoms. The highest BCUT2D eigenvalue weighted by molar-refractivity contribution is 7.79. The molecule has 330 valence electrons. The zero-order valence-corrected chi connectivity index (χ0v) is 41.9. The highest BCUT2D eigenvalue weighted by Crippen LogP contribution is 2.42. The van der Waals surface area contributed by atoms with E-state index in [1.54, 1.807) is 6.26 Å². The minimum absolute atomic E-state index is 1.12. The topological polar surface area (TPSA) is 0 Å². The van der Waals surface area contributed by atoms with Crippen LogP contribution in [0.2, 0.25) is 0 Å². The average Bonchev–Trinajstić information content (AvgIpc) is 3.37. The molecule has 0 unspecified atom stereocenters. The molecule has 0 radical (unpaired) electrons. The number of hydrogen-bond acceptors (Lipinski definition) is 1. The van der Waals surface area contributed by atoms with Gasteiger partial charge in [-0.3, -0.25) is 0 Å². The summed E-state index contributed by atoms with van der Waals surface area (Å²) in [5.74, 6) is 0. The summed E-state index contributed by atoms with van der Waals surface area (Å²) < 4.78 is 0. The smallest absolute Gasteiger partial charge is 0.00203 e. The third kappa shape index (κ3) is 11.4. The first-order chi connectivity index (χ1) is 31.4. The van der Waals surface area contributed by atoms with Crippen LogP contribution < -0.4 is 0 Å². The van der Waals surface area contributed by atoms with Crippen LogP contribution in [0.1, 0.15) is 101 Å². The van der Waals surface area contributed by atoms with Crippen molar-refractivity contribution in [3.63, 3.8) is 0 Å². The van der Waals surface area contributed by atoms with Crippen LogP contribution >= 0.6 is 12.6 Å². The van der Waals surface area contributed by atoms with Gasteiger partial charge in [0.15, 0.2) is 0 Å². The van der Waals surface area contributed by atoms with Crippen molar-refractivity contribution >= 4 is 56.6 Å². The van der Waals surface area contributed by atoms with Crippen LogP contribution in [0.4, 0.5) is 0 Å². The normalized spacial score (nSPS) is 10.9. The predicted molar refractivity (Wildman–Crippen MR) is 295 cm³/mol. The maximum Gasteiger partial charge on any atom is -0.00203 e. The van der Waals surface area contributed by atoms with Crippen LogP contribution in [0.5, 0.6) is 0 Å². The van der Waals surface area contributed by atoms with Crippen LogP contribution in [-0.2, 0) is 6.42 Å². The van der Waals surface area contributed by atoms with E-state index in [1.807, 2.05) is 55.4 Å². The second-order valence-corrected chi connectivity index (χ2v) is 15.1. The number of thiol groups is 1. The van der Waals surface area contributed by atoms with Crippen LogP contribution in [-0.4, -0.2) is 6.26 Å². The minimum Gasteiger partial charge on any atom is -0.183 e. The number of hydrogen-bond donors (Lipinski definition) is 1. The van der Waals surface area contributed by atoms with Gasteiger partial charge in [-0.05, 0) is 152 Å². The molecule has 0 amide bonds. The van der Waals surface area contributed by atoms with Crippen molar-refractivity contribution in [1.82, 2.24) is 0 Å². The second kappa shape index (κ2) is 25.4. The Morgan fingerprint density at radius 2 is 0.797 bits per heavy atom. The first-order valence-corrected chi connectivity index (χ1v) is 24.6. The molecule has 0 saturated heterocycles. The Bertz CT molecular complexity index is 2720. The van der Waals surface area contributed by atoms with Crippen LogP contribution in [0, 0.1) is 27.7 Å². The van der Waals surface area contributed by atoms with Crippen molar-refractivity contribution in [2.75, 3.05) is 6.26 Å². The molecule has 0 bridgehead atoms. The number of benzene rings is 9. The van der Waals surface area contributed by atoms with Gasteiger partial charge in [0.05, 0.1) is 0 Å². The van der Waals surface area contributed by atoms with Crippen LogP contribution in [0.25, 0.3) is 77.3 Å². The molecule has 0 aromatic heterocycles. The van der Waals surface area contributed by atoms with Gasteiger partial charge in [-0.25, -0.2) is 0 Å². The molecule has 0 saturated carbocycles. The SMILES string of the molecule is CC.CC.CC.CC.CS.Cc1ccc(-c2ccc3ccc4c(-c5ccc(C)cc5)ccc5ccc2c3c54)cc1.Cc1ccccc1-c1cc(C2=Cc3ccccc3CC2)ccc1C. The average molecular weight is 861 g/mol. The summed E-state index contributed by atoms with van der Waals surface area (Å²) in [4.78, 5) is 0. The number of fused-ring (bicyclic) bond motifs is 1. The van der Waals surface area contributed by atoms with E-state index in [9.17, 15) is 0 Å². The summed E-state index contributed by atoms with van der Waals surface area (Å²) in [6.45, 7) is 24.7. The Balaban J connectivity index is 0.000000239. The molecule has 0 heterocycles. The second-order valence-electron chi connectivity index (χ2n) is 15.1. The molecular formula is C63H72S. The maximum atomic E-state index is 3.53. The number of rotatable bonds is 4. The third-order valence-electron chi connectivity index (χ3n) is 11.5. The molecule has 10 rings (SSSR count). The number of aryl methyl sites for hydroxylation is 5. The van der Waals surface area contributed by atoms with Crippen molar-refractivity contribution in [2.45, 2.75) is 95.9 Å². The molecule has 1 aliphatic carbocycles. The molecular weight excluding hydrogens is 789 g/mol. The van der Waals surface area contributed by atoms with Gasteiger partial charge in [-0.1, -0.05) is 230 Å². The molecule has 0 N–H and O–H groups in total. The minimum atomic E-state index is 1.12. The predicted octanol–water partition coefficient (Wildman–Crippen LogP) is 19.6. The molecule has 9 aromatic rings. The molecule has 0 nitrogen and oxygen atoms in total. The Hall–Kier alpha value is -5.89. The van der Waals surface area contributed by atoms with Crippen molar-refractivity contribution in [2.24, 2.45) is 0 Å². The lowest BCUT2D eigenvalue weighted by molar-refractivity contribution is 1.00. The summed E-state index contributed by atoms with van der Waals surface area (Å²) in [7, 11) is 0. The van der Waals surface area contributed by atoms with E-state index < -0.39 is 0 Å². The summed E-state index contributed by atoms with van der Waals surface area (Å²) in [5, 5.41) is 8.01. The summed E-state index contributed by atoms with van der Waals surface area (Å²) in [5.41, 5.74) is 18.7. The molecule has 0 spiro atoms. The van der Waals surface area contributed by atoms with Crippen molar-refractivity contribution in [3.05, 3.63) is 203 Å². The molecule has 0 fully saturated rings. The van der Waals surface area contributed by atoms with Gasteiger partial charge in [0, 0.05) is 0 Å². The van der Waals surface area contributed by atoms with Crippen LogP contribution in [0.3, 0.4) is 0 Å². The van der Waals surface area contributed by atoms with E-state index in [0.717, 1.165) is 12.8 Å². The molecule has 1 aliphatic rings. The van der Waals surface area contributed by atoms with Gasteiger partial charge >= 0.3 is 0 Å². The molecule has 0 atom stereocenters. The van der Waals surface area contributed by atoms with E-state index in [2.05, 4.69) is 210 Å². The van der Waals surface area contributed by atoms with E-state index in [1.165, 1.54) is 110 Å². The Labute approximate surface area is 392 Å². The van der Waals surface area contributed by atoms with E-state index in [4.69, 9.17) is 0 Å². The van der Waals surface area contributed by atoms with Gasteiger partial charge < -0.3 is 0 Å².